The summed E-state index contributed by atoms with van der Waals surface area (Å²) in [6.07, 6.45) is 3.45. The minimum absolute atomic E-state index is 0.105. The fourth-order valence-corrected chi connectivity index (χ4v) is 2.55. The summed E-state index contributed by atoms with van der Waals surface area (Å²) in [4.78, 5) is 2.33. The van der Waals surface area contributed by atoms with Crippen molar-refractivity contribution < 1.29 is 5.11 Å². The Morgan fingerprint density at radius 2 is 2.25 bits per heavy atom. The summed E-state index contributed by atoms with van der Waals surface area (Å²) in [5.41, 5.74) is 0.105. The van der Waals surface area contributed by atoms with Crippen molar-refractivity contribution in [3.05, 3.63) is 0 Å². The first-order chi connectivity index (χ1) is 5.64. The van der Waals surface area contributed by atoms with E-state index in [1.807, 2.05) is 0 Å². The zero-order valence-electron chi connectivity index (χ0n) is 8.51. The number of aliphatic hydroxyl groups excluding tert-OH is 1. The van der Waals surface area contributed by atoms with Crippen molar-refractivity contribution in [1.82, 2.24) is 4.90 Å². The minimum atomic E-state index is 0.105. The molecule has 1 fully saturated rings. The molecule has 1 aliphatic heterocycles. The third-order valence-electron chi connectivity index (χ3n) is 3.13. The van der Waals surface area contributed by atoms with Gasteiger partial charge in [-0.1, -0.05) is 20.3 Å². The maximum Gasteiger partial charge on any atom is 0.0615 e. The van der Waals surface area contributed by atoms with E-state index in [1.165, 1.54) is 0 Å². The topological polar surface area (TPSA) is 23.5 Å². The summed E-state index contributed by atoms with van der Waals surface area (Å²) in [5, 5.41) is 9.39. The number of nitrogens with zero attached hydrogens (tertiary/aromatic N) is 1. The predicted octanol–water partition coefficient (Wildman–Crippen LogP) is 1.49. The van der Waals surface area contributed by atoms with Crippen molar-refractivity contribution in [1.29, 1.82) is 0 Å². The third-order valence-corrected chi connectivity index (χ3v) is 3.13. The van der Waals surface area contributed by atoms with Gasteiger partial charge in [0.25, 0.3) is 0 Å². The van der Waals surface area contributed by atoms with E-state index in [4.69, 9.17) is 0 Å². The lowest BCUT2D eigenvalue weighted by Crippen LogP contribution is -2.44. The van der Waals surface area contributed by atoms with Gasteiger partial charge in [-0.15, -0.1) is 0 Å². The normalized spacial score (nSPS) is 37.5. The predicted molar refractivity (Wildman–Crippen MR) is 51.1 cm³/mol. The van der Waals surface area contributed by atoms with Crippen LogP contribution in [0.2, 0.25) is 0 Å². The van der Waals surface area contributed by atoms with Crippen LogP contribution in [0.3, 0.4) is 0 Å². The SMILES string of the molecule is CCCC1(CO)CC(C)CN1C. The summed E-state index contributed by atoms with van der Waals surface area (Å²) in [7, 11) is 2.13. The van der Waals surface area contributed by atoms with E-state index in [-0.39, 0.29) is 5.54 Å². The molecule has 1 heterocycles. The van der Waals surface area contributed by atoms with E-state index < -0.39 is 0 Å². The van der Waals surface area contributed by atoms with Gasteiger partial charge >= 0.3 is 0 Å². The highest BCUT2D eigenvalue weighted by atomic mass is 16.3. The Balaban J connectivity index is 2.65. The first-order valence-electron chi connectivity index (χ1n) is 4.96. The quantitative estimate of drug-likeness (QED) is 0.695. The van der Waals surface area contributed by atoms with Gasteiger partial charge in [-0.2, -0.15) is 0 Å². The first-order valence-corrected chi connectivity index (χ1v) is 4.96. The van der Waals surface area contributed by atoms with Crippen LogP contribution in [-0.2, 0) is 0 Å². The van der Waals surface area contributed by atoms with Crippen molar-refractivity contribution in [2.45, 2.75) is 38.6 Å². The molecule has 0 aromatic rings. The minimum Gasteiger partial charge on any atom is -0.394 e. The Morgan fingerprint density at radius 1 is 1.58 bits per heavy atom. The fourth-order valence-electron chi connectivity index (χ4n) is 2.55. The Kier molecular flexibility index (Phi) is 3.13. The molecule has 0 radical (unpaired) electrons. The van der Waals surface area contributed by atoms with Crippen LogP contribution in [0.25, 0.3) is 0 Å². The van der Waals surface area contributed by atoms with Gasteiger partial charge in [0.2, 0.25) is 0 Å². The highest BCUT2D eigenvalue weighted by molar-refractivity contribution is 4.95. The lowest BCUT2D eigenvalue weighted by Gasteiger charge is -2.34. The van der Waals surface area contributed by atoms with E-state index in [2.05, 4.69) is 25.8 Å². The van der Waals surface area contributed by atoms with Crippen LogP contribution in [0.4, 0.5) is 0 Å². The molecule has 1 aliphatic rings. The average molecular weight is 171 g/mol. The van der Waals surface area contributed by atoms with E-state index in [0.717, 1.165) is 31.7 Å². The zero-order chi connectivity index (χ0) is 9.19. The van der Waals surface area contributed by atoms with Crippen molar-refractivity contribution in [3.8, 4) is 0 Å². The summed E-state index contributed by atoms with van der Waals surface area (Å²) < 4.78 is 0. The number of hydrogen-bond donors (Lipinski definition) is 1. The van der Waals surface area contributed by atoms with E-state index in [0.29, 0.717) is 6.61 Å². The van der Waals surface area contributed by atoms with Crippen LogP contribution in [0.15, 0.2) is 0 Å². The Morgan fingerprint density at radius 3 is 2.58 bits per heavy atom. The average Bonchev–Trinajstić information content (AvgIpc) is 2.28. The molecule has 2 unspecified atom stereocenters. The Bertz CT molecular complexity index is 149. The van der Waals surface area contributed by atoms with Gasteiger partial charge in [0.05, 0.1) is 6.61 Å². The Labute approximate surface area is 75.6 Å². The molecule has 0 bridgehead atoms. The van der Waals surface area contributed by atoms with Crippen LogP contribution in [0.5, 0.6) is 0 Å². The number of hydrogen-bond acceptors (Lipinski definition) is 2. The highest BCUT2D eigenvalue weighted by Gasteiger charge is 2.40. The molecule has 0 aliphatic carbocycles. The van der Waals surface area contributed by atoms with Crippen LogP contribution >= 0.6 is 0 Å². The molecule has 0 saturated carbocycles. The monoisotopic (exact) mass is 171 g/mol. The molecule has 2 nitrogen and oxygen atoms in total. The highest BCUT2D eigenvalue weighted by Crippen LogP contribution is 2.34. The fraction of sp³-hybridized carbons (Fsp3) is 1.00. The molecular formula is C10H21NO. The second kappa shape index (κ2) is 3.75. The second-order valence-corrected chi connectivity index (χ2v) is 4.32. The van der Waals surface area contributed by atoms with Crippen LogP contribution < -0.4 is 0 Å². The molecule has 1 rings (SSSR count). The maximum absolute atomic E-state index is 9.39. The molecule has 0 spiro atoms. The molecule has 1 saturated heterocycles. The van der Waals surface area contributed by atoms with E-state index in [1.54, 1.807) is 0 Å². The van der Waals surface area contributed by atoms with Gasteiger partial charge in [0.15, 0.2) is 0 Å². The summed E-state index contributed by atoms with van der Waals surface area (Å²) in [6, 6.07) is 0. The van der Waals surface area contributed by atoms with Crippen molar-refractivity contribution >= 4 is 0 Å². The molecule has 0 aromatic heterocycles. The van der Waals surface area contributed by atoms with E-state index in [9.17, 15) is 5.11 Å². The molecular weight excluding hydrogens is 150 g/mol. The van der Waals surface area contributed by atoms with Crippen LogP contribution in [0.1, 0.15) is 33.1 Å². The molecule has 0 amide bonds. The molecule has 1 N–H and O–H groups in total. The molecule has 2 heteroatoms. The van der Waals surface area contributed by atoms with Crippen LogP contribution in [0, 0.1) is 5.92 Å². The summed E-state index contributed by atoms with van der Waals surface area (Å²) in [6.45, 7) is 5.92. The summed E-state index contributed by atoms with van der Waals surface area (Å²) >= 11 is 0. The van der Waals surface area contributed by atoms with Gasteiger partial charge in [0.1, 0.15) is 0 Å². The summed E-state index contributed by atoms with van der Waals surface area (Å²) in [5.74, 6) is 0.744. The Hall–Kier alpha value is -0.0800. The standard InChI is InChI=1S/C10H21NO/c1-4-5-10(8-12)6-9(2)7-11(10)3/h9,12H,4-8H2,1-3H3. The van der Waals surface area contributed by atoms with Crippen molar-refractivity contribution in [3.63, 3.8) is 0 Å². The maximum atomic E-state index is 9.39. The van der Waals surface area contributed by atoms with Crippen molar-refractivity contribution in [2.75, 3.05) is 20.2 Å². The van der Waals surface area contributed by atoms with Crippen LogP contribution in [-0.4, -0.2) is 35.7 Å². The third kappa shape index (κ3) is 1.64. The number of likely N-dealkylation sites (N-methyl/N-ethyl adjacent to an activating group) is 1. The molecule has 2 atom stereocenters. The number of likely N-dealkylation sites (tertiary alicyclic amines) is 1. The first kappa shape index (κ1) is 10.0. The van der Waals surface area contributed by atoms with Gasteiger partial charge in [-0.25, -0.2) is 0 Å². The largest absolute Gasteiger partial charge is 0.394 e. The zero-order valence-corrected chi connectivity index (χ0v) is 8.51. The smallest absolute Gasteiger partial charge is 0.0615 e. The van der Waals surface area contributed by atoms with Gasteiger partial charge in [-0.05, 0) is 25.8 Å². The second-order valence-electron chi connectivity index (χ2n) is 4.32. The lowest BCUT2D eigenvalue weighted by atomic mass is 9.89. The number of rotatable bonds is 3. The van der Waals surface area contributed by atoms with Gasteiger partial charge in [-0.3, -0.25) is 4.90 Å². The lowest BCUT2D eigenvalue weighted by molar-refractivity contribution is 0.0752. The molecule has 12 heavy (non-hydrogen) atoms. The molecule has 0 aromatic carbocycles. The number of aliphatic hydroxyl groups is 1. The molecule has 72 valence electrons. The van der Waals surface area contributed by atoms with Gasteiger partial charge < -0.3 is 5.11 Å². The van der Waals surface area contributed by atoms with Gasteiger partial charge in [0, 0.05) is 12.1 Å². The van der Waals surface area contributed by atoms with E-state index >= 15 is 0 Å². The van der Waals surface area contributed by atoms with Crippen molar-refractivity contribution in [2.24, 2.45) is 5.92 Å².